The van der Waals surface area contributed by atoms with Crippen LogP contribution >= 0.6 is 0 Å². The Labute approximate surface area is 102 Å². The van der Waals surface area contributed by atoms with E-state index >= 15 is 0 Å². The standard InChI is InChI=1S/C12H22N2O3/c1-2-13-5-3-10(4-6-13)14-7-8-17-9-11(14)12(15)16/h10-11H,2-9H2,1H3,(H,15,16). The number of nitrogens with zero attached hydrogens (tertiary/aromatic N) is 2. The number of carboxylic acid groups (broad SMARTS) is 1. The topological polar surface area (TPSA) is 53.0 Å². The van der Waals surface area contributed by atoms with E-state index in [2.05, 4.69) is 16.7 Å². The van der Waals surface area contributed by atoms with Gasteiger partial charge < -0.3 is 14.7 Å². The molecule has 1 atom stereocenters. The van der Waals surface area contributed by atoms with Crippen LogP contribution in [0.3, 0.4) is 0 Å². The molecule has 5 heteroatoms. The molecule has 0 aliphatic carbocycles. The minimum atomic E-state index is -0.748. The van der Waals surface area contributed by atoms with Gasteiger partial charge in [-0.1, -0.05) is 6.92 Å². The van der Waals surface area contributed by atoms with Crippen LogP contribution in [0.5, 0.6) is 0 Å². The summed E-state index contributed by atoms with van der Waals surface area (Å²) >= 11 is 0. The largest absolute Gasteiger partial charge is 0.480 e. The number of hydrogen-bond donors (Lipinski definition) is 1. The van der Waals surface area contributed by atoms with Gasteiger partial charge in [0.15, 0.2) is 0 Å². The third kappa shape index (κ3) is 2.97. The molecule has 2 fully saturated rings. The fourth-order valence-electron chi connectivity index (χ4n) is 2.83. The summed E-state index contributed by atoms with van der Waals surface area (Å²) in [7, 11) is 0. The highest BCUT2D eigenvalue weighted by Crippen LogP contribution is 2.20. The van der Waals surface area contributed by atoms with Crippen LogP contribution in [-0.4, -0.2) is 72.4 Å². The van der Waals surface area contributed by atoms with E-state index in [0.29, 0.717) is 19.3 Å². The summed E-state index contributed by atoms with van der Waals surface area (Å²) in [5, 5.41) is 9.21. The Balaban J connectivity index is 1.93. The first-order valence-corrected chi connectivity index (χ1v) is 6.51. The van der Waals surface area contributed by atoms with Crippen LogP contribution in [0.4, 0.5) is 0 Å². The molecule has 0 spiro atoms. The normalized spacial score (nSPS) is 29.4. The van der Waals surface area contributed by atoms with Crippen molar-refractivity contribution in [1.29, 1.82) is 0 Å². The van der Waals surface area contributed by atoms with E-state index in [-0.39, 0.29) is 0 Å². The first-order valence-electron chi connectivity index (χ1n) is 6.51. The second-order valence-corrected chi connectivity index (χ2v) is 4.83. The maximum absolute atomic E-state index is 11.2. The van der Waals surface area contributed by atoms with Gasteiger partial charge in [0.25, 0.3) is 0 Å². The van der Waals surface area contributed by atoms with Crippen LogP contribution < -0.4 is 0 Å². The lowest BCUT2D eigenvalue weighted by Crippen LogP contribution is -2.56. The van der Waals surface area contributed by atoms with Crippen LogP contribution in [-0.2, 0) is 9.53 Å². The number of carbonyl (C=O) groups is 1. The molecule has 1 N–H and O–H groups in total. The molecule has 0 aromatic carbocycles. The molecule has 0 bridgehead atoms. The number of hydrogen-bond acceptors (Lipinski definition) is 4. The molecule has 2 aliphatic heterocycles. The van der Waals surface area contributed by atoms with Crippen LogP contribution in [0, 0.1) is 0 Å². The van der Waals surface area contributed by atoms with Gasteiger partial charge in [-0.3, -0.25) is 9.69 Å². The van der Waals surface area contributed by atoms with E-state index in [1.54, 1.807) is 0 Å². The van der Waals surface area contributed by atoms with Gasteiger partial charge in [-0.25, -0.2) is 0 Å². The zero-order valence-electron chi connectivity index (χ0n) is 10.5. The summed E-state index contributed by atoms with van der Waals surface area (Å²) < 4.78 is 5.27. The minimum absolute atomic E-state index is 0.337. The maximum atomic E-state index is 11.2. The number of rotatable bonds is 3. The summed E-state index contributed by atoms with van der Waals surface area (Å²) in [4.78, 5) is 15.8. The molecule has 2 aliphatic rings. The second-order valence-electron chi connectivity index (χ2n) is 4.83. The van der Waals surface area contributed by atoms with Gasteiger partial charge in [-0.2, -0.15) is 0 Å². The van der Waals surface area contributed by atoms with Crippen molar-refractivity contribution in [1.82, 2.24) is 9.80 Å². The SMILES string of the molecule is CCN1CCC(N2CCOCC2C(=O)O)CC1. The number of likely N-dealkylation sites (tertiary alicyclic amines) is 1. The van der Waals surface area contributed by atoms with Gasteiger partial charge in [-0.05, 0) is 32.5 Å². The lowest BCUT2D eigenvalue weighted by molar-refractivity contribution is -0.152. The van der Waals surface area contributed by atoms with Gasteiger partial charge in [0.05, 0.1) is 13.2 Å². The predicted molar refractivity (Wildman–Crippen MR) is 64.1 cm³/mol. The molecule has 0 aromatic heterocycles. The number of piperidine rings is 1. The third-order valence-corrected chi connectivity index (χ3v) is 3.93. The molecule has 2 heterocycles. The fraction of sp³-hybridized carbons (Fsp3) is 0.917. The van der Waals surface area contributed by atoms with Crippen molar-refractivity contribution in [2.24, 2.45) is 0 Å². The summed E-state index contributed by atoms with van der Waals surface area (Å²) in [6, 6.07) is -0.0234. The summed E-state index contributed by atoms with van der Waals surface area (Å²) in [5.74, 6) is -0.748. The Morgan fingerprint density at radius 1 is 1.35 bits per heavy atom. The van der Waals surface area contributed by atoms with Crippen molar-refractivity contribution in [2.75, 3.05) is 39.4 Å². The van der Waals surface area contributed by atoms with Gasteiger partial charge in [0.1, 0.15) is 6.04 Å². The Hall–Kier alpha value is -0.650. The fourth-order valence-corrected chi connectivity index (χ4v) is 2.83. The Kier molecular flexibility index (Phi) is 4.36. The third-order valence-electron chi connectivity index (χ3n) is 3.93. The Bertz CT molecular complexity index is 264. The lowest BCUT2D eigenvalue weighted by Gasteiger charge is -2.42. The van der Waals surface area contributed by atoms with Gasteiger partial charge in [0, 0.05) is 12.6 Å². The zero-order valence-corrected chi connectivity index (χ0v) is 10.5. The van der Waals surface area contributed by atoms with E-state index in [1.807, 2.05) is 0 Å². The first kappa shape index (κ1) is 12.8. The predicted octanol–water partition coefficient (Wildman–Crippen LogP) is 0.256. The van der Waals surface area contributed by atoms with Crippen LogP contribution in [0.25, 0.3) is 0 Å². The Morgan fingerprint density at radius 3 is 2.65 bits per heavy atom. The Morgan fingerprint density at radius 2 is 2.06 bits per heavy atom. The van der Waals surface area contributed by atoms with Crippen molar-refractivity contribution in [3.05, 3.63) is 0 Å². The monoisotopic (exact) mass is 242 g/mol. The van der Waals surface area contributed by atoms with E-state index in [9.17, 15) is 9.90 Å². The lowest BCUT2D eigenvalue weighted by atomic mass is 10.0. The molecule has 17 heavy (non-hydrogen) atoms. The highest BCUT2D eigenvalue weighted by atomic mass is 16.5. The molecule has 0 radical (unpaired) electrons. The summed E-state index contributed by atoms with van der Waals surface area (Å²) in [6.45, 7) is 7.21. The van der Waals surface area contributed by atoms with Crippen LogP contribution in [0.1, 0.15) is 19.8 Å². The molecule has 0 aromatic rings. The van der Waals surface area contributed by atoms with E-state index in [4.69, 9.17) is 4.74 Å². The molecule has 2 saturated heterocycles. The average molecular weight is 242 g/mol. The molecule has 5 nitrogen and oxygen atoms in total. The number of ether oxygens (including phenoxy) is 1. The zero-order chi connectivity index (χ0) is 12.3. The molecule has 2 rings (SSSR count). The van der Waals surface area contributed by atoms with E-state index < -0.39 is 12.0 Å². The van der Waals surface area contributed by atoms with Crippen LogP contribution in [0.15, 0.2) is 0 Å². The molecular formula is C12H22N2O3. The highest BCUT2D eigenvalue weighted by Gasteiger charge is 2.35. The van der Waals surface area contributed by atoms with Gasteiger partial charge >= 0.3 is 5.97 Å². The quantitative estimate of drug-likeness (QED) is 0.769. The van der Waals surface area contributed by atoms with E-state index in [1.165, 1.54) is 0 Å². The number of aliphatic carboxylic acids is 1. The van der Waals surface area contributed by atoms with Crippen LogP contribution in [0.2, 0.25) is 0 Å². The maximum Gasteiger partial charge on any atom is 0.323 e. The van der Waals surface area contributed by atoms with Crippen molar-refractivity contribution in [3.8, 4) is 0 Å². The van der Waals surface area contributed by atoms with Gasteiger partial charge in [-0.15, -0.1) is 0 Å². The molecular weight excluding hydrogens is 220 g/mol. The van der Waals surface area contributed by atoms with Crippen molar-refractivity contribution >= 4 is 5.97 Å². The summed E-state index contributed by atoms with van der Waals surface area (Å²) in [6.07, 6.45) is 2.16. The first-order chi connectivity index (χ1) is 8.22. The molecule has 98 valence electrons. The van der Waals surface area contributed by atoms with E-state index in [0.717, 1.165) is 39.0 Å². The second kappa shape index (κ2) is 5.80. The molecule has 0 amide bonds. The van der Waals surface area contributed by atoms with Crippen molar-refractivity contribution in [3.63, 3.8) is 0 Å². The van der Waals surface area contributed by atoms with Crippen molar-refractivity contribution in [2.45, 2.75) is 31.8 Å². The molecule has 1 unspecified atom stereocenters. The summed E-state index contributed by atoms with van der Waals surface area (Å²) in [5.41, 5.74) is 0. The molecule has 0 saturated carbocycles. The van der Waals surface area contributed by atoms with Gasteiger partial charge in [0.2, 0.25) is 0 Å². The average Bonchev–Trinajstić information content (AvgIpc) is 2.39. The smallest absolute Gasteiger partial charge is 0.323 e. The minimum Gasteiger partial charge on any atom is -0.480 e. The highest BCUT2D eigenvalue weighted by molar-refractivity contribution is 5.73. The number of carboxylic acids is 1. The number of morpholine rings is 1. The van der Waals surface area contributed by atoms with Crippen molar-refractivity contribution < 1.29 is 14.6 Å².